The van der Waals surface area contributed by atoms with Gasteiger partial charge in [0.2, 0.25) is 17.2 Å². The van der Waals surface area contributed by atoms with Crippen LogP contribution in [-0.4, -0.2) is 42.6 Å². The average Bonchev–Trinajstić information content (AvgIpc) is 2.88. The smallest absolute Gasteiger partial charge is 0.343 e. The quantitative estimate of drug-likeness (QED) is 0.131. The minimum absolute atomic E-state index is 0.00439. The number of hydrogen-bond acceptors (Lipinski definition) is 6. The van der Waals surface area contributed by atoms with Crippen molar-refractivity contribution in [1.29, 1.82) is 0 Å². The standard InChI is InChI=1S/C30H52O7/c1-5-9-12-15-18-21-35-26-24(30(32)33)25(31)27(34-8-4)29(37-23-20-17-14-11-7-3)28(26)36-22-19-16-13-10-6-2/h31H,5-23H2,1-4H3,(H,32,33). The number of aromatic carboxylic acids is 1. The Morgan fingerprint density at radius 2 is 0.919 bits per heavy atom. The number of unbranched alkanes of at least 4 members (excludes halogenated alkanes) is 12. The first kappa shape index (κ1) is 32.7. The topological polar surface area (TPSA) is 94.5 Å². The van der Waals surface area contributed by atoms with E-state index in [1.54, 1.807) is 6.92 Å². The Bertz CT molecular complexity index is 748. The number of benzene rings is 1. The van der Waals surface area contributed by atoms with Crippen LogP contribution in [0.2, 0.25) is 0 Å². The molecule has 0 aliphatic carbocycles. The molecule has 0 bridgehead atoms. The van der Waals surface area contributed by atoms with Crippen molar-refractivity contribution in [2.24, 2.45) is 0 Å². The fraction of sp³-hybridized carbons (Fsp3) is 0.767. The molecule has 0 heterocycles. The van der Waals surface area contributed by atoms with E-state index in [0.29, 0.717) is 19.8 Å². The SMILES string of the molecule is CCCCCCCOc1c(OCC)c(O)c(C(=O)O)c(OCCCCCCC)c1OCCCCCCC. The average molecular weight is 525 g/mol. The number of carboxylic acid groups (broad SMARTS) is 1. The zero-order chi connectivity index (χ0) is 27.3. The molecule has 1 aromatic rings. The van der Waals surface area contributed by atoms with Crippen molar-refractivity contribution in [3.63, 3.8) is 0 Å². The third kappa shape index (κ3) is 12.2. The number of hydrogen-bond donors (Lipinski definition) is 2. The van der Waals surface area contributed by atoms with E-state index in [9.17, 15) is 15.0 Å². The molecule has 0 aromatic heterocycles. The molecule has 0 unspecified atom stereocenters. The Hall–Kier alpha value is -2.31. The normalized spacial score (nSPS) is 10.9. The summed E-state index contributed by atoms with van der Waals surface area (Å²) in [5.41, 5.74) is -0.340. The van der Waals surface area contributed by atoms with Gasteiger partial charge in [0.05, 0.1) is 26.4 Å². The van der Waals surface area contributed by atoms with Gasteiger partial charge in [0.15, 0.2) is 17.1 Å². The first-order chi connectivity index (χ1) is 18.0. The highest BCUT2D eigenvalue weighted by Crippen LogP contribution is 2.53. The van der Waals surface area contributed by atoms with Gasteiger partial charge in [0.25, 0.3) is 0 Å². The Balaban J connectivity index is 3.26. The fourth-order valence-corrected chi connectivity index (χ4v) is 4.16. The lowest BCUT2D eigenvalue weighted by Crippen LogP contribution is -2.12. The number of carboxylic acids is 1. The third-order valence-corrected chi connectivity index (χ3v) is 6.28. The van der Waals surface area contributed by atoms with Crippen LogP contribution in [0, 0.1) is 0 Å². The molecule has 0 radical (unpaired) electrons. The molecule has 1 rings (SSSR count). The van der Waals surface area contributed by atoms with Crippen LogP contribution in [0.4, 0.5) is 0 Å². The maximum atomic E-state index is 12.3. The van der Waals surface area contributed by atoms with Crippen LogP contribution in [0.5, 0.6) is 28.7 Å². The van der Waals surface area contributed by atoms with E-state index >= 15 is 0 Å². The second-order valence-electron chi connectivity index (χ2n) is 9.57. The second-order valence-corrected chi connectivity index (χ2v) is 9.57. The Labute approximate surface area is 224 Å². The van der Waals surface area contributed by atoms with Crippen molar-refractivity contribution in [1.82, 2.24) is 0 Å². The fourth-order valence-electron chi connectivity index (χ4n) is 4.16. The van der Waals surface area contributed by atoms with Crippen LogP contribution in [0.25, 0.3) is 0 Å². The van der Waals surface area contributed by atoms with Gasteiger partial charge in [0.1, 0.15) is 0 Å². The lowest BCUT2D eigenvalue weighted by molar-refractivity contribution is 0.0685. The Morgan fingerprint density at radius 1 is 0.541 bits per heavy atom. The molecular formula is C30H52O7. The van der Waals surface area contributed by atoms with E-state index in [1.807, 2.05) is 0 Å². The van der Waals surface area contributed by atoms with Crippen molar-refractivity contribution < 1.29 is 34.0 Å². The van der Waals surface area contributed by atoms with Crippen LogP contribution in [0.1, 0.15) is 134 Å². The monoisotopic (exact) mass is 524 g/mol. The minimum atomic E-state index is -1.29. The van der Waals surface area contributed by atoms with E-state index in [-0.39, 0.29) is 35.2 Å². The summed E-state index contributed by atoms with van der Waals surface area (Å²) in [6, 6.07) is 0. The molecule has 37 heavy (non-hydrogen) atoms. The lowest BCUT2D eigenvalue weighted by atomic mass is 10.1. The Kier molecular flexibility index (Phi) is 18.3. The van der Waals surface area contributed by atoms with Gasteiger partial charge in [-0.3, -0.25) is 0 Å². The zero-order valence-electron chi connectivity index (χ0n) is 23.9. The predicted octanol–water partition coefficient (Wildman–Crippen LogP) is 8.54. The van der Waals surface area contributed by atoms with Crippen LogP contribution < -0.4 is 18.9 Å². The van der Waals surface area contributed by atoms with E-state index in [0.717, 1.165) is 83.5 Å². The summed E-state index contributed by atoms with van der Waals surface area (Å²) in [5.74, 6) is -1.29. The summed E-state index contributed by atoms with van der Waals surface area (Å²) >= 11 is 0. The molecule has 0 spiro atoms. The highest BCUT2D eigenvalue weighted by atomic mass is 16.6. The summed E-state index contributed by atoms with van der Waals surface area (Å²) in [5, 5.41) is 21.0. The molecule has 1 aromatic carbocycles. The molecular weight excluding hydrogens is 472 g/mol. The molecule has 7 nitrogen and oxygen atoms in total. The predicted molar refractivity (Wildman–Crippen MR) is 149 cm³/mol. The van der Waals surface area contributed by atoms with Crippen LogP contribution in [0.15, 0.2) is 0 Å². The van der Waals surface area contributed by atoms with Crippen molar-refractivity contribution in [2.75, 3.05) is 26.4 Å². The highest BCUT2D eigenvalue weighted by molar-refractivity contribution is 5.97. The van der Waals surface area contributed by atoms with E-state index in [1.165, 1.54) is 12.8 Å². The highest BCUT2D eigenvalue weighted by Gasteiger charge is 2.32. The molecule has 214 valence electrons. The largest absolute Gasteiger partial charge is 0.503 e. The molecule has 0 atom stereocenters. The van der Waals surface area contributed by atoms with Crippen LogP contribution in [0.3, 0.4) is 0 Å². The summed E-state index contributed by atoms with van der Waals surface area (Å²) in [7, 11) is 0. The van der Waals surface area contributed by atoms with E-state index < -0.39 is 11.7 Å². The summed E-state index contributed by atoms with van der Waals surface area (Å²) < 4.78 is 24.0. The van der Waals surface area contributed by atoms with Crippen LogP contribution >= 0.6 is 0 Å². The van der Waals surface area contributed by atoms with Crippen molar-refractivity contribution >= 4 is 5.97 Å². The zero-order valence-corrected chi connectivity index (χ0v) is 23.9. The number of ether oxygens (including phenoxy) is 4. The Morgan fingerprint density at radius 3 is 1.30 bits per heavy atom. The van der Waals surface area contributed by atoms with E-state index in [2.05, 4.69) is 20.8 Å². The first-order valence-electron chi connectivity index (χ1n) is 14.7. The maximum absolute atomic E-state index is 12.3. The van der Waals surface area contributed by atoms with Crippen molar-refractivity contribution in [3.05, 3.63) is 5.56 Å². The summed E-state index contributed by atoms with van der Waals surface area (Å²) in [6.45, 7) is 9.69. The number of carbonyl (C=O) groups is 1. The summed E-state index contributed by atoms with van der Waals surface area (Å²) in [6.07, 6.45) is 15.9. The second kappa shape index (κ2) is 20.7. The van der Waals surface area contributed by atoms with Gasteiger partial charge in [-0.25, -0.2) is 4.79 Å². The van der Waals surface area contributed by atoms with Gasteiger partial charge >= 0.3 is 5.97 Å². The molecule has 0 saturated carbocycles. The van der Waals surface area contributed by atoms with Gasteiger partial charge in [-0.1, -0.05) is 97.8 Å². The molecule has 0 aliphatic rings. The number of rotatable bonds is 24. The first-order valence-corrected chi connectivity index (χ1v) is 14.7. The van der Waals surface area contributed by atoms with E-state index in [4.69, 9.17) is 18.9 Å². The van der Waals surface area contributed by atoms with Gasteiger partial charge in [0, 0.05) is 0 Å². The van der Waals surface area contributed by atoms with Crippen molar-refractivity contribution in [2.45, 2.75) is 124 Å². The summed E-state index contributed by atoms with van der Waals surface area (Å²) in [4.78, 5) is 12.3. The van der Waals surface area contributed by atoms with Gasteiger partial charge in [-0.15, -0.1) is 0 Å². The molecule has 7 heteroatoms. The number of aromatic hydroxyl groups is 1. The maximum Gasteiger partial charge on any atom is 0.343 e. The van der Waals surface area contributed by atoms with Gasteiger partial charge < -0.3 is 29.2 Å². The molecule has 0 amide bonds. The van der Waals surface area contributed by atoms with Gasteiger partial charge in [-0.05, 0) is 26.2 Å². The number of phenols is 1. The van der Waals surface area contributed by atoms with Gasteiger partial charge in [-0.2, -0.15) is 0 Å². The molecule has 0 aliphatic heterocycles. The lowest BCUT2D eigenvalue weighted by Gasteiger charge is -2.22. The third-order valence-electron chi connectivity index (χ3n) is 6.28. The molecule has 0 saturated heterocycles. The molecule has 0 fully saturated rings. The van der Waals surface area contributed by atoms with Crippen molar-refractivity contribution in [3.8, 4) is 28.7 Å². The minimum Gasteiger partial charge on any atom is -0.503 e. The van der Waals surface area contributed by atoms with Crippen LogP contribution in [-0.2, 0) is 0 Å². The molecule has 2 N–H and O–H groups in total.